The zero-order valence-corrected chi connectivity index (χ0v) is 17.2. The van der Waals surface area contributed by atoms with E-state index in [0.717, 1.165) is 36.1 Å². The van der Waals surface area contributed by atoms with Crippen molar-refractivity contribution in [1.82, 2.24) is 9.88 Å². The number of hydrogen-bond acceptors (Lipinski definition) is 4. The molecule has 0 saturated carbocycles. The first-order valence-corrected chi connectivity index (χ1v) is 10.3. The van der Waals surface area contributed by atoms with Gasteiger partial charge in [0.1, 0.15) is 11.1 Å². The van der Waals surface area contributed by atoms with Gasteiger partial charge in [0.25, 0.3) is 0 Å². The molecule has 140 valence electrons. The van der Waals surface area contributed by atoms with Crippen LogP contribution in [0.5, 0.6) is 0 Å². The molecule has 0 unspecified atom stereocenters. The lowest BCUT2D eigenvalue weighted by atomic mass is 9.87. The van der Waals surface area contributed by atoms with Crippen molar-refractivity contribution in [3.63, 3.8) is 0 Å². The van der Waals surface area contributed by atoms with Crippen LogP contribution in [0.4, 0.5) is 0 Å². The van der Waals surface area contributed by atoms with E-state index in [9.17, 15) is 10.1 Å². The molecule has 1 amide bonds. The predicted molar refractivity (Wildman–Crippen MR) is 109 cm³/mol. The zero-order chi connectivity index (χ0) is 19.6. The van der Waals surface area contributed by atoms with Crippen LogP contribution in [0.25, 0.3) is 0 Å². The van der Waals surface area contributed by atoms with E-state index in [-0.39, 0.29) is 11.9 Å². The molecule has 0 N–H and O–H groups in total. The summed E-state index contributed by atoms with van der Waals surface area (Å²) in [5.74, 6) is 0.363. The van der Waals surface area contributed by atoms with Crippen molar-refractivity contribution in [2.24, 2.45) is 0 Å². The Balaban J connectivity index is 1.75. The molecule has 1 atom stereocenters. The van der Waals surface area contributed by atoms with Gasteiger partial charge in [0.15, 0.2) is 0 Å². The molecule has 1 heterocycles. The van der Waals surface area contributed by atoms with Crippen molar-refractivity contribution in [3.05, 3.63) is 57.8 Å². The van der Waals surface area contributed by atoms with Gasteiger partial charge >= 0.3 is 0 Å². The van der Waals surface area contributed by atoms with Crippen LogP contribution in [0, 0.1) is 32.1 Å². The van der Waals surface area contributed by atoms with Crippen molar-refractivity contribution < 1.29 is 4.79 Å². The third-order valence-electron chi connectivity index (χ3n) is 5.61. The molecule has 5 heteroatoms. The van der Waals surface area contributed by atoms with E-state index in [2.05, 4.69) is 29.3 Å². The predicted octanol–water partition coefficient (Wildman–Crippen LogP) is 4.51. The Labute approximate surface area is 165 Å². The third-order valence-corrected chi connectivity index (χ3v) is 6.57. The SMILES string of the molecule is Cc1nc(SCC(=O)N(C)[C@H]2CCCc3ccccc32)c(C#N)c(C)c1C. The van der Waals surface area contributed by atoms with E-state index in [0.29, 0.717) is 16.3 Å². The van der Waals surface area contributed by atoms with E-state index in [1.54, 1.807) is 0 Å². The number of carbonyl (C=O) groups excluding carboxylic acids is 1. The van der Waals surface area contributed by atoms with Crippen LogP contribution in [-0.4, -0.2) is 28.6 Å². The molecule has 0 fully saturated rings. The highest BCUT2D eigenvalue weighted by Crippen LogP contribution is 2.34. The number of thioether (sulfide) groups is 1. The second-order valence-electron chi connectivity index (χ2n) is 7.14. The van der Waals surface area contributed by atoms with Crippen molar-refractivity contribution in [2.45, 2.75) is 51.1 Å². The van der Waals surface area contributed by atoms with Crippen LogP contribution >= 0.6 is 11.8 Å². The monoisotopic (exact) mass is 379 g/mol. The quantitative estimate of drug-likeness (QED) is 0.734. The fraction of sp³-hybridized carbons (Fsp3) is 0.409. The Morgan fingerprint density at radius 2 is 2.04 bits per heavy atom. The molecule has 0 radical (unpaired) electrons. The van der Waals surface area contributed by atoms with Crippen LogP contribution in [0.3, 0.4) is 0 Å². The fourth-order valence-electron chi connectivity index (χ4n) is 3.68. The Bertz CT molecular complexity index is 917. The normalized spacial score (nSPS) is 15.7. The van der Waals surface area contributed by atoms with Crippen LogP contribution in [0.1, 0.15) is 52.4 Å². The van der Waals surface area contributed by atoms with Gasteiger partial charge in [-0.05, 0) is 62.3 Å². The number of benzene rings is 1. The second-order valence-corrected chi connectivity index (χ2v) is 8.10. The summed E-state index contributed by atoms with van der Waals surface area (Å²) >= 11 is 1.37. The van der Waals surface area contributed by atoms with Crippen LogP contribution in [-0.2, 0) is 11.2 Å². The highest BCUT2D eigenvalue weighted by molar-refractivity contribution is 8.00. The fourth-order valence-corrected chi connectivity index (χ4v) is 4.69. The first kappa shape index (κ1) is 19.4. The molecule has 0 saturated heterocycles. The van der Waals surface area contributed by atoms with E-state index in [1.165, 1.54) is 22.9 Å². The van der Waals surface area contributed by atoms with E-state index in [1.807, 2.05) is 38.8 Å². The van der Waals surface area contributed by atoms with E-state index >= 15 is 0 Å². The Hall–Kier alpha value is -2.32. The topological polar surface area (TPSA) is 57.0 Å². The van der Waals surface area contributed by atoms with Crippen molar-refractivity contribution >= 4 is 17.7 Å². The summed E-state index contributed by atoms with van der Waals surface area (Å²) < 4.78 is 0. The molecular weight excluding hydrogens is 354 g/mol. The molecule has 1 aromatic heterocycles. The number of amides is 1. The average molecular weight is 380 g/mol. The maximum Gasteiger partial charge on any atom is 0.233 e. The van der Waals surface area contributed by atoms with Gasteiger partial charge in [-0.25, -0.2) is 4.98 Å². The smallest absolute Gasteiger partial charge is 0.233 e. The number of hydrogen-bond donors (Lipinski definition) is 0. The first-order chi connectivity index (χ1) is 12.9. The van der Waals surface area contributed by atoms with Gasteiger partial charge in [0, 0.05) is 12.7 Å². The summed E-state index contributed by atoms with van der Waals surface area (Å²) in [5.41, 5.74) is 6.10. The van der Waals surface area contributed by atoms with Crippen molar-refractivity contribution in [1.29, 1.82) is 5.26 Å². The molecule has 3 rings (SSSR count). The number of aromatic nitrogens is 1. The molecule has 27 heavy (non-hydrogen) atoms. The molecule has 0 bridgehead atoms. The van der Waals surface area contributed by atoms with Crippen LogP contribution < -0.4 is 0 Å². The highest BCUT2D eigenvalue weighted by atomic mass is 32.2. The average Bonchev–Trinajstić information content (AvgIpc) is 2.69. The number of nitriles is 1. The highest BCUT2D eigenvalue weighted by Gasteiger charge is 2.26. The second kappa shape index (κ2) is 8.14. The largest absolute Gasteiger partial charge is 0.338 e. The molecule has 4 nitrogen and oxygen atoms in total. The van der Waals surface area contributed by atoms with E-state index < -0.39 is 0 Å². The number of rotatable bonds is 4. The summed E-state index contributed by atoms with van der Waals surface area (Å²) in [7, 11) is 1.89. The van der Waals surface area contributed by atoms with Gasteiger partial charge in [-0.2, -0.15) is 5.26 Å². The summed E-state index contributed by atoms with van der Waals surface area (Å²) in [6, 6.07) is 10.8. The number of fused-ring (bicyclic) bond motifs is 1. The lowest BCUT2D eigenvalue weighted by molar-refractivity contribution is -0.129. The molecule has 2 aromatic rings. The molecule has 0 spiro atoms. The molecular formula is C22H25N3OS. The Morgan fingerprint density at radius 3 is 2.78 bits per heavy atom. The molecule has 1 aromatic carbocycles. The standard InChI is InChI=1S/C22H25N3OS/c1-14-15(2)19(12-23)22(24-16(14)3)27-13-21(26)25(4)20-11-7-9-17-8-5-6-10-18(17)20/h5-6,8,10,20H,7,9,11,13H2,1-4H3/t20-/m0/s1. The molecule has 0 aliphatic heterocycles. The van der Waals surface area contributed by atoms with E-state index in [4.69, 9.17) is 0 Å². The van der Waals surface area contributed by atoms with Gasteiger partial charge in [0.2, 0.25) is 5.91 Å². The minimum Gasteiger partial charge on any atom is -0.338 e. The minimum atomic E-state index is 0.0725. The van der Waals surface area contributed by atoms with Gasteiger partial charge in [-0.1, -0.05) is 36.0 Å². The maximum absolute atomic E-state index is 12.9. The Kier molecular flexibility index (Phi) is 5.86. The number of nitrogens with zero attached hydrogens (tertiary/aromatic N) is 3. The van der Waals surface area contributed by atoms with Gasteiger partial charge in [0.05, 0.1) is 17.4 Å². The van der Waals surface area contributed by atoms with Crippen molar-refractivity contribution in [2.75, 3.05) is 12.8 Å². The van der Waals surface area contributed by atoms with Crippen LogP contribution in [0.15, 0.2) is 29.3 Å². The molecule has 1 aliphatic carbocycles. The summed E-state index contributed by atoms with van der Waals surface area (Å²) in [6.07, 6.45) is 3.18. The third kappa shape index (κ3) is 3.86. The van der Waals surface area contributed by atoms with Gasteiger partial charge in [-0.15, -0.1) is 0 Å². The number of aryl methyl sites for hydroxylation is 2. The number of carbonyl (C=O) groups is 1. The Morgan fingerprint density at radius 1 is 1.30 bits per heavy atom. The van der Waals surface area contributed by atoms with Crippen molar-refractivity contribution in [3.8, 4) is 6.07 Å². The maximum atomic E-state index is 12.9. The molecule has 1 aliphatic rings. The van der Waals surface area contributed by atoms with Gasteiger partial charge in [-0.3, -0.25) is 4.79 Å². The summed E-state index contributed by atoms with van der Waals surface area (Å²) in [4.78, 5) is 19.3. The minimum absolute atomic E-state index is 0.0725. The van der Waals surface area contributed by atoms with Crippen LogP contribution in [0.2, 0.25) is 0 Å². The zero-order valence-electron chi connectivity index (χ0n) is 16.4. The number of pyridine rings is 1. The first-order valence-electron chi connectivity index (χ1n) is 9.28. The lowest BCUT2D eigenvalue weighted by Gasteiger charge is -2.33. The summed E-state index contributed by atoms with van der Waals surface area (Å²) in [5, 5.41) is 10.2. The summed E-state index contributed by atoms with van der Waals surface area (Å²) in [6.45, 7) is 5.87. The lowest BCUT2D eigenvalue weighted by Crippen LogP contribution is -2.34. The van der Waals surface area contributed by atoms with Gasteiger partial charge < -0.3 is 4.90 Å².